The first-order valence-electron chi connectivity index (χ1n) is 8.51. The molecule has 1 aromatic carbocycles. The van der Waals surface area contributed by atoms with Gasteiger partial charge in [-0.15, -0.1) is 0 Å². The van der Waals surface area contributed by atoms with E-state index in [0.717, 1.165) is 36.0 Å². The van der Waals surface area contributed by atoms with Gasteiger partial charge in [0.1, 0.15) is 5.69 Å². The van der Waals surface area contributed by atoms with Crippen LogP contribution in [-0.4, -0.2) is 28.4 Å². The summed E-state index contributed by atoms with van der Waals surface area (Å²) < 4.78 is 0. The van der Waals surface area contributed by atoms with Crippen molar-refractivity contribution in [1.29, 1.82) is 0 Å². The number of nitrogens with zero attached hydrogens (tertiary/aromatic N) is 1. The first-order valence-corrected chi connectivity index (χ1v) is 8.51. The van der Waals surface area contributed by atoms with Gasteiger partial charge in [-0.1, -0.05) is 25.3 Å². The van der Waals surface area contributed by atoms with E-state index in [9.17, 15) is 4.79 Å². The SMILES string of the molecule is CCN(C(=O)c1cc2c(C)cc(C)cc2[nH]1)C1CCCCC1. The van der Waals surface area contributed by atoms with Crippen LogP contribution in [0.15, 0.2) is 18.2 Å². The van der Waals surface area contributed by atoms with Gasteiger partial charge in [0.2, 0.25) is 0 Å². The van der Waals surface area contributed by atoms with Gasteiger partial charge < -0.3 is 9.88 Å². The number of benzene rings is 1. The largest absolute Gasteiger partial charge is 0.351 e. The van der Waals surface area contributed by atoms with Gasteiger partial charge in [0.15, 0.2) is 0 Å². The molecule has 0 saturated heterocycles. The van der Waals surface area contributed by atoms with Gasteiger partial charge in [-0.2, -0.15) is 0 Å². The van der Waals surface area contributed by atoms with Crippen LogP contribution in [0.4, 0.5) is 0 Å². The van der Waals surface area contributed by atoms with E-state index < -0.39 is 0 Å². The summed E-state index contributed by atoms with van der Waals surface area (Å²) >= 11 is 0. The third-order valence-corrected chi connectivity index (χ3v) is 4.94. The van der Waals surface area contributed by atoms with Crippen molar-refractivity contribution in [2.45, 2.75) is 58.9 Å². The van der Waals surface area contributed by atoms with Crippen LogP contribution in [-0.2, 0) is 0 Å². The summed E-state index contributed by atoms with van der Waals surface area (Å²) in [6.07, 6.45) is 6.11. The first-order chi connectivity index (χ1) is 10.6. The molecule has 3 rings (SSSR count). The number of nitrogens with one attached hydrogen (secondary N) is 1. The van der Waals surface area contributed by atoms with Crippen LogP contribution < -0.4 is 0 Å². The molecule has 0 unspecified atom stereocenters. The predicted molar refractivity (Wildman–Crippen MR) is 91.4 cm³/mol. The fourth-order valence-electron chi connectivity index (χ4n) is 3.83. The number of amides is 1. The van der Waals surface area contributed by atoms with Crippen molar-refractivity contribution in [3.8, 4) is 0 Å². The summed E-state index contributed by atoms with van der Waals surface area (Å²) in [5, 5.41) is 1.16. The van der Waals surface area contributed by atoms with Crippen molar-refractivity contribution >= 4 is 16.8 Å². The van der Waals surface area contributed by atoms with E-state index >= 15 is 0 Å². The molecule has 1 heterocycles. The Bertz CT molecular complexity index is 680. The Morgan fingerprint density at radius 2 is 1.91 bits per heavy atom. The number of aryl methyl sites for hydroxylation is 2. The molecule has 0 radical (unpaired) electrons. The number of carbonyl (C=O) groups is 1. The monoisotopic (exact) mass is 298 g/mol. The fraction of sp³-hybridized carbons (Fsp3) is 0.526. The highest BCUT2D eigenvalue weighted by atomic mass is 16.2. The summed E-state index contributed by atoms with van der Waals surface area (Å²) in [7, 11) is 0. The van der Waals surface area contributed by atoms with E-state index in [-0.39, 0.29) is 5.91 Å². The van der Waals surface area contributed by atoms with Gasteiger partial charge in [0.25, 0.3) is 5.91 Å². The minimum atomic E-state index is 0.155. The number of fused-ring (bicyclic) bond motifs is 1. The summed E-state index contributed by atoms with van der Waals surface area (Å²) in [5.74, 6) is 0.155. The van der Waals surface area contributed by atoms with Crippen LogP contribution in [0.1, 0.15) is 60.6 Å². The maximum Gasteiger partial charge on any atom is 0.270 e. The fourth-order valence-corrected chi connectivity index (χ4v) is 3.83. The molecule has 22 heavy (non-hydrogen) atoms. The lowest BCUT2D eigenvalue weighted by atomic mass is 9.94. The molecule has 0 bridgehead atoms. The van der Waals surface area contributed by atoms with Crippen molar-refractivity contribution in [3.05, 3.63) is 35.0 Å². The molecule has 1 aromatic heterocycles. The van der Waals surface area contributed by atoms with E-state index in [1.165, 1.54) is 30.4 Å². The zero-order valence-electron chi connectivity index (χ0n) is 13.9. The normalized spacial score (nSPS) is 16.1. The molecule has 0 aliphatic heterocycles. The molecule has 1 N–H and O–H groups in total. The van der Waals surface area contributed by atoms with Crippen LogP contribution in [0.2, 0.25) is 0 Å². The summed E-state index contributed by atoms with van der Waals surface area (Å²) in [6.45, 7) is 7.08. The third kappa shape index (κ3) is 2.77. The highest BCUT2D eigenvalue weighted by molar-refractivity contribution is 5.99. The van der Waals surface area contributed by atoms with Crippen molar-refractivity contribution < 1.29 is 4.79 Å². The van der Waals surface area contributed by atoms with E-state index in [1.54, 1.807) is 0 Å². The van der Waals surface area contributed by atoms with Crippen LogP contribution in [0.3, 0.4) is 0 Å². The molecular formula is C19H26N2O. The third-order valence-electron chi connectivity index (χ3n) is 4.94. The number of aromatic nitrogens is 1. The Morgan fingerprint density at radius 1 is 1.18 bits per heavy atom. The number of hydrogen-bond donors (Lipinski definition) is 1. The summed E-state index contributed by atoms with van der Waals surface area (Å²) in [6, 6.07) is 6.73. The molecule has 3 nitrogen and oxygen atoms in total. The van der Waals surface area contributed by atoms with Gasteiger partial charge in [0.05, 0.1) is 0 Å². The first kappa shape index (κ1) is 15.1. The van der Waals surface area contributed by atoms with Gasteiger partial charge in [0, 0.05) is 23.5 Å². The van der Waals surface area contributed by atoms with Gasteiger partial charge in [-0.05, 0) is 56.9 Å². The second-order valence-electron chi connectivity index (χ2n) is 6.61. The van der Waals surface area contributed by atoms with Gasteiger partial charge in [-0.25, -0.2) is 0 Å². The molecule has 1 fully saturated rings. The molecule has 3 heteroatoms. The molecule has 2 aromatic rings. The number of carbonyl (C=O) groups excluding carboxylic acids is 1. The zero-order valence-corrected chi connectivity index (χ0v) is 13.9. The van der Waals surface area contributed by atoms with Crippen molar-refractivity contribution in [2.75, 3.05) is 6.54 Å². The Hall–Kier alpha value is -1.77. The molecule has 1 saturated carbocycles. The van der Waals surface area contributed by atoms with E-state index in [2.05, 4.69) is 42.8 Å². The lowest BCUT2D eigenvalue weighted by Gasteiger charge is -2.33. The second kappa shape index (κ2) is 6.15. The Labute approximate surface area is 132 Å². The van der Waals surface area contributed by atoms with Crippen molar-refractivity contribution in [2.24, 2.45) is 0 Å². The number of hydrogen-bond acceptors (Lipinski definition) is 1. The highest BCUT2D eigenvalue weighted by Gasteiger charge is 2.26. The Morgan fingerprint density at radius 3 is 2.59 bits per heavy atom. The van der Waals surface area contributed by atoms with Crippen LogP contribution in [0.25, 0.3) is 10.9 Å². The van der Waals surface area contributed by atoms with Crippen LogP contribution >= 0.6 is 0 Å². The molecule has 1 aliphatic rings. The average Bonchev–Trinajstić information content (AvgIpc) is 2.93. The maximum absolute atomic E-state index is 12.9. The molecule has 1 aliphatic carbocycles. The molecule has 1 amide bonds. The standard InChI is InChI=1S/C19H26N2O/c1-4-21(15-8-6-5-7-9-15)19(22)18-12-16-14(3)10-13(2)11-17(16)20-18/h10-12,15,20H,4-9H2,1-3H3. The number of H-pyrrole nitrogens is 1. The van der Waals surface area contributed by atoms with E-state index in [0.29, 0.717) is 6.04 Å². The van der Waals surface area contributed by atoms with E-state index in [4.69, 9.17) is 0 Å². The number of rotatable bonds is 3. The summed E-state index contributed by atoms with van der Waals surface area (Å²) in [4.78, 5) is 18.3. The Kier molecular flexibility index (Phi) is 4.23. The van der Waals surface area contributed by atoms with Crippen molar-refractivity contribution in [3.63, 3.8) is 0 Å². The minimum absolute atomic E-state index is 0.155. The molecular weight excluding hydrogens is 272 g/mol. The van der Waals surface area contributed by atoms with Crippen LogP contribution in [0.5, 0.6) is 0 Å². The zero-order chi connectivity index (χ0) is 15.7. The van der Waals surface area contributed by atoms with Crippen LogP contribution in [0, 0.1) is 13.8 Å². The predicted octanol–water partition coefficient (Wildman–Crippen LogP) is 4.58. The smallest absolute Gasteiger partial charge is 0.270 e. The number of aromatic amines is 1. The minimum Gasteiger partial charge on any atom is -0.351 e. The molecule has 0 spiro atoms. The Balaban J connectivity index is 1.91. The quantitative estimate of drug-likeness (QED) is 0.884. The van der Waals surface area contributed by atoms with E-state index in [1.807, 2.05) is 6.07 Å². The topological polar surface area (TPSA) is 36.1 Å². The maximum atomic E-state index is 12.9. The molecule has 0 atom stereocenters. The molecule has 118 valence electrons. The van der Waals surface area contributed by atoms with Gasteiger partial charge in [-0.3, -0.25) is 4.79 Å². The highest BCUT2D eigenvalue weighted by Crippen LogP contribution is 2.26. The lowest BCUT2D eigenvalue weighted by Crippen LogP contribution is -2.41. The summed E-state index contributed by atoms with van der Waals surface area (Å²) in [5.41, 5.74) is 4.26. The van der Waals surface area contributed by atoms with Crippen molar-refractivity contribution in [1.82, 2.24) is 9.88 Å². The average molecular weight is 298 g/mol. The second-order valence-corrected chi connectivity index (χ2v) is 6.61. The van der Waals surface area contributed by atoms with Gasteiger partial charge >= 0.3 is 0 Å². The lowest BCUT2D eigenvalue weighted by molar-refractivity contribution is 0.0643.